The smallest absolute Gasteiger partial charge is 0.355 e. The number of hydrazone groups is 1. The van der Waals surface area contributed by atoms with Crippen LogP contribution < -0.4 is 15.6 Å². The van der Waals surface area contributed by atoms with Crippen LogP contribution in [0.15, 0.2) is 29.4 Å². The van der Waals surface area contributed by atoms with Crippen LogP contribution >= 0.6 is 0 Å². The molecule has 3 rings (SSSR count). The van der Waals surface area contributed by atoms with Crippen molar-refractivity contribution < 1.29 is 23.9 Å². The maximum atomic E-state index is 12.3. The van der Waals surface area contributed by atoms with Gasteiger partial charge in [0.15, 0.2) is 6.61 Å². The van der Waals surface area contributed by atoms with E-state index in [-0.39, 0.29) is 36.9 Å². The van der Waals surface area contributed by atoms with Crippen LogP contribution in [0, 0.1) is 0 Å². The van der Waals surface area contributed by atoms with Gasteiger partial charge in [0.25, 0.3) is 5.91 Å². The molecule has 0 aliphatic carbocycles. The molecule has 0 saturated carbocycles. The summed E-state index contributed by atoms with van der Waals surface area (Å²) in [7, 11) is 0. The SMILES string of the molecule is O=C1CCC(C(=O)OCC(=O)N2CC(=O)Nc3ccccc32)=NN1. The number of esters is 1. The minimum absolute atomic E-state index is 0.0548. The average molecular weight is 330 g/mol. The largest absolute Gasteiger partial charge is 0.451 e. The number of fused-ring (bicyclic) bond motifs is 1. The topological polar surface area (TPSA) is 117 Å². The van der Waals surface area contributed by atoms with E-state index in [1.165, 1.54) is 4.90 Å². The first-order valence-corrected chi connectivity index (χ1v) is 7.26. The first kappa shape index (κ1) is 15.7. The lowest BCUT2D eigenvalue weighted by Gasteiger charge is -2.28. The summed E-state index contributed by atoms with van der Waals surface area (Å²) in [6.45, 7) is -0.669. The Morgan fingerprint density at radius 3 is 2.71 bits per heavy atom. The van der Waals surface area contributed by atoms with Crippen molar-refractivity contribution in [1.29, 1.82) is 0 Å². The normalized spacial score (nSPS) is 16.5. The summed E-state index contributed by atoms with van der Waals surface area (Å²) in [5.74, 6) is -1.89. The molecule has 0 bridgehead atoms. The molecule has 0 atom stereocenters. The fraction of sp³-hybridized carbons (Fsp3) is 0.267. The number of hydrogen-bond acceptors (Lipinski definition) is 6. The maximum Gasteiger partial charge on any atom is 0.355 e. The summed E-state index contributed by atoms with van der Waals surface area (Å²) in [5.41, 5.74) is 3.30. The van der Waals surface area contributed by atoms with E-state index in [4.69, 9.17) is 4.74 Å². The molecule has 3 amide bonds. The molecule has 24 heavy (non-hydrogen) atoms. The van der Waals surface area contributed by atoms with Gasteiger partial charge < -0.3 is 10.1 Å². The van der Waals surface area contributed by atoms with Gasteiger partial charge >= 0.3 is 5.97 Å². The minimum atomic E-state index is -0.766. The van der Waals surface area contributed by atoms with Gasteiger partial charge in [-0.1, -0.05) is 12.1 Å². The third-order valence-corrected chi connectivity index (χ3v) is 3.54. The van der Waals surface area contributed by atoms with E-state index in [1.807, 2.05) is 0 Å². The summed E-state index contributed by atoms with van der Waals surface area (Å²) in [5, 5.41) is 6.27. The van der Waals surface area contributed by atoms with Gasteiger partial charge in [-0.25, -0.2) is 10.2 Å². The molecule has 2 aliphatic heterocycles. The van der Waals surface area contributed by atoms with Gasteiger partial charge in [0.05, 0.1) is 11.4 Å². The van der Waals surface area contributed by atoms with Crippen molar-refractivity contribution in [2.45, 2.75) is 12.8 Å². The van der Waals surface area contributed by atoms with Crippen molar-refractivity contribution in [3.05, 3.63) is 24.3 Å². The Balaban J connectivity index is 1.64. The highest BCUT2D eigenvalue weighted by atomic mass is 16.5. The standard InChI is InChI=1S/C15H14N4O5/c20-12-6-5-10(17-18-12)15(23)24-8-14(22)19-7-13(21)16-9-3-1-2-4-11(9)19/h1-4H,5-8H2,(H,16,21)(H,18,20). The fourth-order valence-corrected chi connectivity index (χ4v) is 2.37. The van der Waals surface area contributed by atoms with E-state index < -0.39 is 18.5 Å². The molecule has 0 aromatic heterocycles. The summed E-state index contributed by atoms with van der Waals surface area (Å²) in [4.78, 5) is 48.1. The molecule has 9 heteroatoms. The number of benzene rings is 1. The van der Waals surface area contributed by atoms with E-state index in [0.717, 1.165) is 0 Å². The van der Waals surface area contributed by atoms with Gasteiger partial charge in [-0.15, -0.1) is 0 Å². The van der Waals surface area contributed by atoms with Crippen LogP contribution in [-0.4, -0.2) is 42.6 Å². The summed E-state index contributed by atoms with van der Waals surface area (Å²) >= 11 is 0. The lowest BCUT2D eigenvalue weighted by atomic mass is 10.2. The second kappa shape index (κ2) is 6.49. The number of amides is 3. The molecule has 124 valence electrons. The van der Waals surface area contributed by atoms with Crippen LogP contribution in [0.5, 0.6) is 0 Å². The van der Waals surface area contributed by atoms with E-state index in [9.17, 15) is 19.2 Å². The lowest BCUT2D eigenvalue weighted by molar-refractivity contribution is -0.141. The summed E-state index contributed by atoms with van der Waals surface area (Å²) < 4.78 is 4.94. The zero-order chi connectivity index (χ0) is 17.1. The molecule has 1 aromatic carbocycles. The van der Waals surface area contributed by atoms with Gasteiger partial charge in [0, 0.05) is 12.8 Å². The number of anilines is 2. The first-order chi connectivity index (χ1) is 11.5. The first-order valence-electron chi connectivity index (χ1n) is 7.26. The predicted molar refractivity (Wildman–Crippen MR) is 83.2 cm³/mol. The zero-order valence-electron chi connectivity index (χ0n) is 12.6. The Morgan fingerprint density at radius 2 is 1.96 bits per heavy atom. The molecular formula is C15H14N4O5. The van der Waals surface area contributed by atoms with Crippen LogP contribution in [-0.2, 0) is 23.9 Å². The van der Waals surface area contributed by atoms with E-state index in [2.05, 4.69) is 15.8 Å². The number of hydrogen-bond donors (Lipinski definition) is 2. The molecule has 0 spiro atoms. The van der Waals surface area contributed by atoms with Crippen molar-refractivity contribution in [3.8, 4) is 0 Å². The quantitative estimate of drug-likeness (QED) is 0.743. The molecule has 0 radical (unpaired) electrons. The summed E-state index contributed by atoms with van der Waals surface area (Å²) in [6, 6.07) is 6.85. The van der Waals surface area contributed by atoms with E-state index >= 15 is 0 Å². The number of carbonyl (C=O) groups is 4. The summed E-state index contributed by atoms with van der Waals surface area (Å²) in [6.07, 6.45) is 0.301. The molecule has 1 aromatic rings. The number of nitrogens with one attached hydrogen (secondary N) is 2. The van der Waals surface area contributed by atoms with Crippen molar-refractivity contribution in [3.63, 3.8) is 0 Å². The van der Waals surface area contributed by atoms with Crippen LogP contribution in [0.2, 0.25) is 0 Å². The molecule has 9 nitrogen and oxygen atoms in total. The molecule has 0 saturated heterocycles. The number of carbonyl (C=O) groups excluding carboxylic acids is 4. The van der Waals surface area contributed by atoms with Crippen LogP contribution in [0.4, 0.5) is 11.4 Å². The molecule has 2 aliphatic rings. The molecular weight excluding hydrogens is 316 g/mol. The second-order valence-corrected chi connectivity index (χ2v) is 5.21. The van der Waals surface area contributed by atoms with E-state index in [0.29, 0.717) is 11.4 Å². The molecule has 2 N–H and O–H groups in total. The highest BCUT2D eigenvalue weighted by Crippen LogP contribution is 2.28. The van der Waals surface area contributed by atoms with Crippen molar-refractivity contribution in [2.75, 3.05) is 23.4 Å². The predicted octanol–water partition coefficient (Wildman–Crippen LogP) is -0.219. The average Bonchev–Trinajstić information content (AvgIpc) is 2.59. The number of rotatable bonds is 3. The fourth-order valence-electron chi connectivity index (χ4n) is 2.37. The minimum Gasteiger partial charge on any atom is -0.451 e. The monoisotopic (exact) mass is 330 g/mol. The van der Waals surface area contributed by atoms with Crippen LogP contribution in [0.3, 0.4) is 0 Å². The molecule has 0 fully saturated rings. The van der Waals surface area contributed by atoms with Crippen molar-refractivity contribution >= 4 is 40.8 Å². The van der Waals surface area contributed by atoms with Crippen LogP contribution in [0.1, 0.15) is 12.8 Å². The second-order valence-electron chi connectivity index (χ2n) is 5.21. The van der Waals surface area contributed by atoms with Gasteiger partial charge in [-0.3, -0.25) is 19.3 Å². The highest BCUT2D eigenvalue weighted by Gasteiger charge is 2.28. The third kappa shape index (κ3) is 3.24. The molecule has 0 unspecified atom stereocenters. The number of para-hydroxylation sites is 2. The van der Waals surface area contributed by atoms with E-state index in [1.54, 1.807) is 24.3 Å². The maximum absolute atomic E-state index is 12.3. The Bertz CT molecular complexity index is 758. The molecule has 2 heterocycles. The Kier molecular flexibility index (Phi) is 4.23. The highest BCUT2D eigenvalue weighted by molar-refractivity contribution is 6.37. The number of nitrogens with zero attached hydrogens (tertiary/aromatic N) is 2. The Labute approximate surface area is 136 Å². The zero-order valence-corrected chi connectivity index (χ0v) is 12.6. The Hall–Kier alpha value is -3.23. The van der Waals surface area contributed by atoms with Gasteiger partial charge in [-0.2, -0.15) is 5.10 Å². The van der Waals surface area contributed by atoms with Gasteiger partial charge in [-0.05, 0) is 12.1 Å². The van der Waals surface area contributed by atoms with Crippen molar-refractivity contribution in [1.82, 2.24) is 5.43 Å². The van der Waals surface area contributed by atoms with Crippen LogP contribution in [0.25, 0.3) is 0 Å². The Morgan fingerprint density at radius 1 is 1.17 bits per heavy atom. The van der Waals surface area contributed by atoms with Gasteiger partial charge in [0.1, 0.15) is 12.3 Å². The lowest BCUT2D eigenvalue weighted by Crippen LogP contribution is -2.44. The number of ether oxygens (including phenoxy) is 1. The third-order valence-electron chi connectivity index (χ3n) is 3.54. The van der Waals surface area contributed by atoms with Crippen molar-refractivity contribution in [2.24, 2.45) is 5.10 Å². The van der Waals surface area contributed by atoms with Gasteiger partial charge in [0.2, 0.25) is 11.8 Å².